The minimum atomic E-state index is -0.446. The van der Waals surface area contributed by atoms with E-state index in [1.165, 1.54) is 0 Å². The van der Waals surface area contributed by atoms with Crippen molar-refractivity contribution in [1.29, 1.82) is 0 Å². The van der Waals surface area contributed by atoms with Crippen LogP contribution in [0, 0.1) is 0 Å². The highest BCUT2D eigenvalue weighted by Crippen LogP contribution is 2.31. The summed E-state index contributed by atoms with van der Waals surface area (Å²) in [6.45, 7) is 0.868. The van der Waals surface area contributed by atoms with Gasteiger partial charge in [-0.2, -0.15) is 5.10 Å². The summed E-state index contributed by atoms with van der Waals surface area (Å²) in [5.41, 5.74) is 2.78. The number of halogens is 1. The largest absolute Gasteiger partial charge is 0.352 e. The Balaban J connectivity index is 1.55. The molecule has 1 aliphatic heterocycles. The summed E-state index contributed by atoms with van der Waals surface area (Å²) >= 11 is 6.03. The van der Waals surface area contributed by atoms with Crippen molar-refractivity contribution in [3.8, 4) is 22.6 Å². The highest BCUT2D eigenvalue weighted by atomic mass is 35.5. The van der Waals surface area contributed by atoms with Crippen LogP contribution in [0.25, 0.3) is 22.6 Å². The molecule has 0 saturated carbocycles. The van der Waals surface area contributed by atoms with Crippen molar-refractivity contribution in [3.63, 3.8) is 0 Å². The number of amides is 2. The van der Waals surface area contributed by atoms with Crippen molar-refractivity contribution in [1.82, 2.24) is 30.0 Å². The van der Waals surface area contributed by atoms with E-state index in [4.69, 9.17) is 11.6 Å². The normalized spacial score (nSPS) is 16.1. The van der Waals surface area contributed by atoms with Gasteiger partial charge in [0.05, 0.1) is 12.7 Å². The molecule has 0 radical (unpaired) electrons. The Hall–Kier alpha value is -3.13. The first-order valence-electron chi connectivity index (χ1n) is 9.39. The first-order chi connectivity index (χ1) is 14.0. The zero-order valence-corrected chi connectivity index (χ0v) is 16.7. The fourth-order valence-electron chi connectivity index (χ4n) is 3.44. The van der Waals surface area contributed by atoms with Gasteiger partial charge in [-0.3, -0.25) is 14.3 Å². The molecular weight excluding hydrogens is 392 g/mol. The first kappa shape index (κ1) is 19.2. The maximum absolute atomic E-state index is 12.2. The number of aromatic nitrogens is 4. The number of rotatable bonds is 6. The van der Waals surface area contributed by atoms with Crippen LogP contribution < -0.4 is 10.6 Å². The molecule has 0 bridgehead atoms. The van der Waals surface area contributed by atoms with Gasteiger partial charge in [-0.1, -0.05) is 23.7 Å². The Kier molecular flexibility index (Phi) is 5.35. The van der Waals surface area contributed by atoms with Crippen molar-refractivity contribution >= 4 is 23.4 Å². The molecule has 1 fully saturated rings. The van der Waals surface area contributed by atoms with Gasteiger partial charge in [0.15, 0.2) is 5.82 Å². The molecule has 1 aromatic carbocycles. The predicted octanol–water partition coefficient (Wildman–Crippen LogP) is 2.00. The highest BCUT2D eigenvalue weighted by Gasteiger charge is 2.27. The highest BCUT2D eigenvalue weighted by molar-refractivity contribution is 6.30. The van der Waals surface area contributed by atoms with Gasteiger partial charge in [-0.25, -0.2) is 4.98 Å². The standard InChI is InChI=1S/C20H21ClN6O2/c1-26-10-8-22-19(26)18-15(13-2-4-14(21)5-3-13)12-24-27(18)11-9-23-20(29)16-6-7-17(28)25-16/h2-5,8,10,12,16H,6-7,9,11H2,1H3,(H,23,29)(H,25,28)/t16-/m0/s1. The van der Waals surface area contributed by atoms with Gasteiger partial charge in [0.2, 0.25) is 11.8 Å². The number of aryl methyl sites for hydroxylation is 1. The quantitative estimate of drug-likeness (QED) is 0.647. The Morgan fingerprint density at radius 2 is 2.14 bits per heavy atom. The van der Waals surface area contributed by atoms with Crippen molar-refractivity contribution in [2.24, 2.45) is 7.05 Å². The first-order valence-corrected chi connectivity index (χ1v) is 9.77. The van der Waals surface area contributed by atoms with Crippen LogP contribution >= 0.6 is 11.6 Å². The smallest absolute Gasteiger partial charge is 0.242 e. The van der Waals surface area contributed by atoms with E-state index in [0.717, 1.165) is 22.6 Å². The molecule has 1 aliphatic rings. The number of imidazole rings is 1. The van der Waals surface area contributed by atoms with Crippen LogP contribution in [0.2, 0.25) is 5.02 Å². The monoisotopic (exact) mass is 412 g/mol. The van der Waals surface area contributed by atoms with E-state index in [9.17, 15) is 9.59 Å². The van der Waals surface area contributed by atoms with Crippen molar-refractivity contribution in [3.05, 3.63) is 47.9 Å². The zero-order chi connectivity index (χ0) is 20.4. The molecule has 0 unspecified atom stereocenters. The minimum absolute atomic E-state index is 0.0816. The molecule has 8 nitrogen and oxygen atoms in total. The number of hydrogen-bond donors (Lipinski definition) is 2. The maximum atomic E-state index is 12.2. The van der Waals surface area contributed by atoms with Gasteiger partial charge in [0.1, 0.15) is 11.7 Å². The molecule has 2 aromatic heterocycles. The number of nitrogens with zero attached hydrogens (tertiary/aromatic N) is 4. The lowest BCUT2D eigenvalue weighted by atomic mass is 10.1. The number of carbonyl (C=O) groups is 2. The summed E-state index contributed by atoms with van der Waals surface area (Å²) in [5.74, 6) is 0.531. The Morgan fingerprint density at radius 1 is 1.34 bits per heavy atom. The molecule has 150 valence electrons. The van der Waals surface area contributed by atoms with Gasteiger partial charge in [0, 0.05) is 43.0 Å². The predicted molar refractivity (Wildman–Crippen MR) is 109 cm³/mol. The molecule has 3 heterocycles. The second-order valence-electron chi connectivity index (χ2n) is 6.95. The van der Waals surface area contributed by atoms with Crippen LogP contribution in [0.3, 0.4) is 0 Å². The van der Waals surface area contributed by atoms with E-state index in [1.54, 1.807) is 12.4 Å². The van der Waals surface area contributed by atoms with Crippen molar-refractivity contribution < 1.29 is 9.59 Å². The van der Waals surface area contributed by atoms with Crippen LogP contribution in [0.1, 0.15) is 12.8 Å². The fraction of sp³-hybridized carbons (Fsp3) is 0.300. The third kappa shape index (κ3) is 4.02. The average molecular weight is 413 g/mol. The SMILES string of the molecule is Cn1ccnc1-c1c(-c2ccc(Cl)cc2)cnn1CCNC(=O)[C@@H]1CCC(=O)N1. The number of hydrogen-bond acceptors (Lipinski definition) is 4. The minimum Gasteiger partial charge on any atom is -0.352 e. The summed E-state index contributed by atoms with van der Waals surface area (Å²) in [6, 6.07) is 7.12. The number of benzene rings is 1. The molecule has 9 heteroatoms. The molecule has 4 rings (SSSR count). The molecule has 3 aromatic rings. The van der Waals surface area contributed by atoms with Gasteiger partial charge < -0.3 is 15.2 Å². The summed E-state index contributed by atoms with van der Waals surface area (Å²) in [6.07, 6.45) is 6.34. The van der Waals surface area contributed by atoms with Gasteiger partial charge in [-0.05, 0) is 24.1 Å². The molecule has 1 atom stereocenters. The van der Waals surface area contributed by atoms with Crippen molar-refractivity contribution in [2.45, 2.75) is 25.4 Å². The number of carbonyl (C=O) groups excluding carboxylic acids is 2. The van der Waals surface area contributed by atoms with Gasteiger partial charge in [0.25, 0.3) is 0 Å². The van der Waals surface area contributed by atoms with Gasteiger partial charge >= 0.3 is 0 Å². The third-order valence-corrected chi connectivity index (χ3v) is 5.21. The van der Waals surface area contributed by atoms with Gasteiger partial charge in [-0.15, -0.1) is 0 Å². The lowest BCUT2D eigenvalue weighted by molar-refractivity contribution is -0.125. The van der Waals surface area contributed by atoms with Crippen LogP contribution in [0.15, 0.2) is 42.9 Å². The lowest BCUT2D eigenvalue weighted by Gasteiger charge is -2.13. The van der Waals surface area contributed by atoms with E-state index in [1.807, 2.05) is 46.8 Å². The van der Waals surface area contributed by atoms with E-state index in [0.29, 0.717) is 31.0 Å². The fourth-order valence-corrected chi connectivity index (χ4v) is 3.57. The van der Waals surface area contributed by atoms with Crippen LogP contribution in [-0.2, 0) is 23.2 Å². The summed E-state index contributed by atoms with van der Waals surface area (Å²) in [4.78, 5) is 28.0. The summed E-state index contributed by atoms with van der Waals surface area (Å²) in [7, 11) is 1.93. The second kappa shape index (κ2) is 8.08. The van der Waals surface area contributed by atoms with Crippen LogP contribution in [-0.4, -0.2) is 43.7 Å². The summed E-state index contributed by atoms with van der Waals surface area (Å²) < 4.78 is 3.76. The van der Waals surface area contributed by atoms with Crippen LogP contribution in [0.5, 0.6) is 0 Å². The van der Waals surface area contributed by atoms with Crippen molar-refractivity contribution in [2.75, 3.05) is 6.54 Å². The molecule has 0 spiro atoms. The van der Waals surface area contributed by atoms with E-state index < -0.39 is 6.04 Å². The summed E-state index contributed by atoms with van der Waals surface area (Å²) in [5, 5.41) is 10.7. The Morgan fingerprint density at radius 3 is 2.79 bits per heavy atom. The van der Waals surface area contributed by atoms with E-state index in [2.05, 4.69) is 20.7 Å². The van der Waals surface area contributed by atoms with E-state index in [-0.39, 0.29) is 11.8 Å². The van der Waals surface area contributed by atoms with Crippen LogP contribution in [0.4, 0.5) is 0 Å². The molecule has 2 N–H and O–H groups in total. The molecule has 1 saturated heterocycles. The molecule has 2 amide bonds. The topological polar surface area (TPSA) is 93.8 Å². The molecule has 29 heavy (non-hydrogen) atoms. The Bertz CT molecular complexity index is 1040. The average Bonchev–Trinajstić information content (AvgIpc) is 3.42. The molecule has 0 aliphatic carbocycles. The maximum Gasteiger partial charge on any atom is 0.242 e. The van der Waals surface area contributed by atoms with E-state index >= 15 is 0 Å². The number of nitrogens with one attached hydrogen (secondary N) is 2. The Labute approximate surface area is 172 Å². The zero-order valence-electron chi connectivity index (χ0n) is 15.9. The lowest BCUT2D eigenvalue weighted by Crippen LogP contribution is -2.42. The third-order valence-electron chi connectivity index (χ3n) is 4.96. The second-order valence-corrected chi connectivity index (χ2v) is 7.38. The molecular formula is C20H21ClN6O2.